The first-order valence-electron chi connectivity index (χ1n) is 6.40. The number of rotatable bonds is 7. The Kier molecular flexibility index (Phi) is 5.06. The van der Waals surface area contributed by atoms with Crippen LogP contribution in [0.25, 0.3) is 0 Å². The highest BCUT2D eigenvalue weighted by atomic mass is 16.5. The van der Waals surface area contributed by atoms with Crippen molar-refractivity contribution in [2.24, 2.45) is 5.73 Å². The van der Waals surface area contributed by atoms with Gasteiger partial charge in [-0.25, -0.2) is 0 Å². The van der Waals surface area contributed by atoms with Crippen LogP contribution in [0.5, 0.6) is 0 Å². The SMILES string of the molecule is COCCCc1noc([C@@H](N)Cc2ccccc2)n1. The van der Waals surface area contributed by atoms with Crippen LogP contribution in [0.2, 0.25) is 0 Å². The van der Waals surface area contributed by atoms with Crippen molar-refractivity contribution in [3.8, 4) is 0 Å². The molecule has 0 unspecified atom stereocenters. The average Bonchev–Trinajstić information content (AvgIpc) is 2.89. The maximum absolute atomic E-state index is 6.07. The largest absolute Gasteiger partial charge is 0.385 e. The molecule has 1 atom stereocenters. The molecular weight excluding hydrogens is 242 g/mol. The molecule has 0 amide bonds. The van der Waals surface area contributed by atoms with Gasteiger partial charge in [-0.15, -0.1) is 0 Å². The monoisotopic (exact) mass is 261 g/mol. The Balaban J connectivity index is 1.90. The van der Waals surface area contributed by atoms with Gasteiger partial charge in [0.1, 0.15) is 0 Å². The number of methoxy groups -OCH3 is 1. The van der Waals surface area contributed by atoms with Gasteiger partial charge in [0.25, 0.3) is 0 Å². The highest BCUT2D eigenvalue weighted by Gasteiger charge is 2.15. The summed E-state index contributed by atoms with van der Waals surface area (Å²) in [6.45, 7) is 0.694. The number of hydrogen-bond acceptors (Lipinski definition) is 5. The molecule has 1 heterocycles. The fourth-order valence-corrected chi connectivity index (χ4v) is 1.85. The summed E-state index contributed by atoms with van der Waals surface area (Å²) in [5.41, 5.74) is 7.24. The van der Waals surface area contributed by atoms with Gasteiger partial charge in [-0.05, 0) is 18.4 Å². The van der Waals surface area contributed by atoms with Gasteiger partial charge >= 0.3 is 0 Å². The van der Waals surface area contributed by atoms with Crippen molar-refractivity contribution in [2.45, 2.75) is 25.3 Å². The Hall–Kier alpha value is -1.72. The van der Waals surface area contributed by atoms with Crippen molar-refractivity contribution >= 4 is 0 Å². The summed E-state index contributed by atoms with van der Waals surface area (Å²) in [7, 11) is 1.68. The lowest BCUT2D eigenvalue weighted by Crippen LogP contribution is -2.13. The summed E-state index contributed by atoms with van der Waals surface area (Å²) in [5, 5.41) is 3.93. The first kappa shape index (κ1) is 13.7. The fourth-order valence-electron chi connectivity index (χ4n) is 1.85. The van der Waals surface area contributed by atoms with E-state index >= 15 is 0 Å². The summed E-state index contributed by atoms with van der Waals surface area (Å²) >= 11 is 0. The van der Waals surface area contributed by atoms with E-state index in [1.807, 2.05) is 30.3 Å². The standard InChI is InChI=1S/C14H19N3O2/c1-18-9-5-8-13-16-14(19-17-13)12(15)10-11-6-3-2-4-7-11/h2-4,6-7,12H,5,8-10,15H2,1H3/t12-/m0/s1. The van der Waals surface area contributed by atoms with Crippen molar-refractivity contribution in [1.29, 1.82) is 0 Å². The number of nitrogens with zero attached hydrogens (tertiary/aromatic N) is 2. The van der Waals surface area contributed by atoms with E-state index in [2.05, 4.69) is 10.1 Å². The molecule has 0 fully saturated rings. The van der Waals surface area contributed by atoms with E-state index in [9.17, 15) is 0 Å². The minimum absolute atomic E-state index is 0.258. The molecule has 2 rings (SSSR count). The highest BCUT2D eigenvalue weighted by Crippen LogP contribution is 2.14. The number of benzene rings is 1. The van der Waals surface area contributed by atoms with Crippen LogP contribution in [-0.4, -0.2) is 23.9 Å². The van der Waals surface area contributed by atoms with Crippen LogP contribution < -0.4 is 5.73 Å². The third kappa shape index (κ3) is 4.15. The molecule has 0 aliphatic rings. The van der Waals surface area contributed by atoms with Crippen LogP contribution >= 0.6 is 0 Å². The summed E-state index contributed by atoms with van der Waals surface area (Å²) in [6, 6.07) is 9.78. The molecule has 5 heteroatoms. The predicted octanol–water partition coefficient (Wildman–Crippen LogP) is 1.89. The first-order chi connectivity index (χ1) is 9.29. The van der Waals surface area contributed by atoms with E-state index in [0.29, 0.717) is 24.7 Å². The number of aromatic nitrogens is 2. The van der Waals surface area contributed by atoms with Crippen molar-refractivity contribution in [1.82, 2.24) is 10.1 Å². The molecule has 0 aliphatic heterocycles. The van der Waals surface area contributed by atoms with Crippen molar-refractivity contribution in [3.05, 3.63) is 47.6 Å². The molecule has 19 heavy (non-hydrogen) atoms. The maximum atomic E-state index is 6.07. The third-order valence-corrected chi connectivity index (χ3v) is 2.85. The average molecular weight is 261 g/mol. The number of ether oxygens (including phenoxy) is 1. The second-order valence-corrected chi connectivity index (χ2v) is 4.44. The molecule has 2 N–H and O–H groups in total. The van der Waals surface area contributed by atoms with Crippen LogP contribution in [0.3, 0.4) is 0 Å². The molecule has 0 saturated heterocycles. The lowest BCUT2D eigenvalue weighted by atomic mass is 10.1. The lowest BCUT2D eigenvalue weighted by Gasteiger charge is -2.05. The van der Waals surface area contributed by atoms with Gasteiger partial charge in [0.2, 0.25) is 5.89 Å². The van der Waals surface area contributed by atoms with Gasteiger partial charge in [0.05, 0.1) is 6.04 Å². The summed E-state index contributed by atoms with van der Waals surface area (Å²) < 4.78 is 10.2. The molecule has 2 aromatic rings. The van der Waals surface area contributed by atoms with Crippen molar-refractivity contribution in [2.75, 3.05) is 13.7 Å². The van der Waals surface area contributed by atoms with Crippen molar-refractivity contribution in [3.63, 3.8) is 0 Å². The van der Waals surface area contributed by atoms with E-state index in [-0.39, 0.29) is 6.04 Å². The molecule has 102 valence electrons. The van der Waals surface area contributed by atoms with E-state index in [1.165, 1.54) is 0 Å². The van der Waals surface area contributed by atoms with E-state index < -0.39 is 0 Å². The Bertz CT molecular complexity index is 484. The van der Waals surface area contributed by atoms with Gasteiger partial charge in [-0.2, -0.15) is 4.98 Å². The van der Waals surface area contributed by atoms with Crippen LogP contribution in [0, 0.1) is 0 Å². The quantitative estimate of drug-likeness (QED) is 0.770. The first-order valence-corrected chi connectivity index (χ1v) is 6.40. The molecule has 5 nitrogen and oxygen atoms in total. The molecule has 0 bridgehead atoms. The molecule has 0 saturated carbocycles. The normalized spacial score (nSPS) is 12.5. The second kappa shape index (κ2) is 7.01. The Morgan fingerprint density at radius 3 is 2.84 bits per heavy atom. The zero-order chi connectivity index (χ0) is 13.5. The van der Waals surface area contributed by atoms with Gasteiger partial charge in [0, 0.05) is 20.1 Å². The maximum Gasteiger partial charge on any atom is 0.243 e. The fraction of sp³-hybridized carbons (Fsp3) is 0.429. The van der Waals surface area contributed by atoms with Crippen LogP contribution in [0.4, 0.5) is 0 Å². The van der Waals surface area contributed by atoms with Gasteiger partial charge < -0.3 is 15.0 Å². The molecule has 0 aliphatic carbocycles. The number of hydrogen-bond donors (Lipinski definition) is 1. The molecule has 0 spiro atoms. The van der Waals surface area contributed by atoms with E-state index in [1.54, 1.807) is 7.11 Å². The summed E-state index contributed by atoms with van der Waals surface area (Å²) in [5.74, 6) is 1.19. The minimum Gasteiger partial charge on any atom is -0.385 e. The summed E-state index contributed by atoms with van der Waals surface area (Å²) in [6.07, 6.45) is 2.32. The van der Waals surface area contributed by atoms with E-state index in [4.69, 9.17) is 15.0 Å². The van der Waals surface area contributed by atoms with Crippen LogP contribution in [0.15, 0.2) is 34.9 Å². The molecule has 1 aromatic heterocycles. The minimum atomic E-state index is -0.258. The molecular formula is C14H19N3O2. The third-order valence-electron chi connectivity index (χ3n) is 2.85. The van der Waals surface area contributed by atoms with E-state index in [0.717, 1.165) is 18.4 Å². The Morgan fingerprint density at radius 1 is 1.32 bits per heavy atom. The highest BCUT2D eigenvalue weighted by molar-refractivity contribution is 5.16. The van der Waals surface area contributed by atoms with Crippen LogP contribution in [-0.2, 0) is 17.6 Å². The zero-order valence-electron chi connectivity index (χ0n) is 11.1. The topological polar surface area (TPSA) is 74.2 Å². The second-order valence-electron chi connectivity index (χ2n) is 4.44. The van der Waals surface area contributed by atoms with Gasteiger partial charge in [-0.1, -0.05) is 35.5 Å². The Labute approximate surface area is 112 Å². The van der Waals surface area contributed by atoms with Crippen molar-refractivity contribution < 1.29 is 9.26 Å². The molecule has 0 radical (unpaired) electrons. The van der Waals surface area contributed by atoms with Crippen LogP contribution in [0.1, 0.15) is 29.7 Å². The predicted molar refractivity (Wildman–Crippen MR) is 71.6 cm³/mol. The molecule has 1 aromatic carbocycles. The number of nitrogens with two attached hydrogens (primary N) is 1. The zero-order valence-corrected chi connectivity index (χ0v) is 11.1. The van der Waals surface area contributed by atoms with Gasteiger partial charge in [0.15, 0.2) is 5.82 Å². The Morgan fingerprint density at radius 2 is 2.11 bits per heavy atom. The smallest absolute Gasteiger partial charge is 0.243 e. The summed E-state index contributed by atoms with van der Waals surface area (Å²) in [4.78, 5) is 4.32. The van der Waals surface area contributed by atoms with Gasteiger partial charge in [-0.3, -0.25) is 0 Å². The number of aryl methyl sites for hydroxylation is 1. The lowest BCUT2D eigenvalue weighted by molar-refractivity contribution is 0.194.